The molecule has 0 atom stereocenters. The predicted molar refractivity (Wildman–Crippen MR) is 44.4 cm³/mol. The van der Waals surface area contributed by atoms with Gasteiger partial charge in [0.25, 0.3) is 0 Å². The minimum atomic E-state index is 0.271. The topological polar surface area (TPSA) is 29.5 Å². The Labute approximate surface area is 68.3 Å². The van der Waals surface area contributed by atoms with Crippen LogP contribution in [0, 0.1) is 0 Å². The second-order valence-corrected chi connectivity index (χ2v) is 2.63. The van der Waals surface area contributed by atoms with E-state index in [0.717, 1.165) is 6.41 Å². The number of carbonyl (C=O) groups excluding carboxylic acids is 1. The van der Waals surface area contributed by atoms with E-state index in [9.17, 15) is 4.79 Å². The van der Waals surface area contributed by atoms with E-state index in [-0.39, 0.29) is 6.04 Å². The minimum absolute atomic E-state index is 0.271. The van der Waals surface area contributed by atoms with Crippen LogP contribution in [0.1, 0.15) is 20.8 Å². The molecule has 0 radical (unpaired) electrons. The van der Waals surface area contributed by atoms with E-state index in [2.05, 4.69) is 0 Å². The van der Waals surface area contributed by atoms with Crippen LogP contribution in [0.5, 0.6) is 0 Å². The van der Waals surface area contributed by atoms with Crippen molar-refractivity contribution in [2.45, 2.75) is 26.8 Å². The normalized spacial score (nSPS) is 10.2. The molecular formula is C8H17NO2. The maximum atomic E-state index is 10.4. The zero-order valence-electron chi connectivity index (χ0n) is 7.54. The standard InChI is InChI=1S/C8H17NO2/c1-4-11-6-5-9(7-10)8(2)3/h7-8H,4-6H2,1-3H3. The molecule has 0 unspecified atom stereocenters. The third-order valence-corrected chi connectivity index (χ3v) is 1.50. The summed E-state index contributed by atoms with van der Waals surface area (Å²) < 4.78 is 5.12. The largest absolute Gasteiger partial charge is 0.380 e. The Kier molecular flexibility index (Phi) is 5.84. The molecular weight excluding hydrogens is 142 g/mol. The number of hydrogen-bond acceptors (Lipinski definition) is 2. The van der Waals surface area contributed by atoms with Gasteiger partial charge in [-0.25, -0.2) is 0 Å². The molecule has 0 aromatic carbocycles. The Morgan fingerprint density at radius 2 is 2.18 bits per heavy atom. The van der Waals surface area contributed by atoms with E-state index in [1.807, 2.05) is 20.8 Å². The van der Waals surface area contributed by atoms with E-state index in [0.29, 0.717) is 19.8 Å². The molecule has 0 rings (SSSR count). The van der Waals surface area contributed by atoms with Crippen LogP contribution >= 0.6 is 0 Å². The molecule has 0 aliphatic rings. The van der Waals surface area contributed by atoms with Crippen LogP contribution in [0.2, 0.25) is 0 Å². The number of nitrogens with zero attached hydrogens (tertiary/aromatic N) is 1. The van der Waals surface area contributed by atoms with Gasteiger partial charge in [0.05, 0.1) is 6.61 Å². The zero-order valence-corrected chi connectivity index (χ0v) is 7.54. The van der Waals surface area contributed by atoms with Gasteiger partial charge in [-0.15, -0.1) is 0 Å². The molecule has 11 heavy (non-hydrogen) atoms. The van der Waals surface area contributed by atoms with E-state index >= 15 is 0 Å². The molecule has 0 aliphatic carbocycles. The summed E-state index contributed by atoms with van der Waals surface area (Å²) in [6.07, 6.45) is 0.865. The van der Waals surface area contributed by atoms with Gasteiger partial charge in [-0.2, -0.15) is 0 Å². The highest BCUT2D eigenvalue weighted by Crippen LogP contribution is 1.92. The van der Waals surface area contributed by atoms with Gasteiger partial charge in [0.1, 0.15) is 0 Å². The van der Waals surface area contributed by atoms with Gasteiger partial charge in [-0.1, -0.05) is 0 Å². The number of carbonyl (C=O) groups is 1. The van der Waals surface area contributed by atoms with Crippen LogP contribution in [0.25, 0.3) is 0 Å². The number of hydrogen-bond donors (Lipinski definition) is 0. The zero-order chi connectivity index (χ0) is 8.69. The monoisotopic (exact) mass is 159 g/mol. The first kappa shape index (κ1) is 10.4. The van der Waals surface area contributed by atoms with Crippen molar-refractivity contribution in [3.63, 3.8) is 0 Å². The van der Waals surface area contributed by atoms with Gasteiger partial charge in [0, 0.05) is 19.2 Å². The molecule has 0 aromatic heterocycles. The molecule has 0 N–H and O–H groups in total. The second-order valence-electron chi connectivity index (χ2n) is 2.63. The minimum Gasteiger partial charge on any atom is -0.380 e. The van der Waals surface area contributed by atoms with Crippen molar-refractivity contribution in [3.05, 3.63) is 0 Å². The summed E-state index contributed by atoms with van der Waals surface area (Å²) in [6, 6.07) is 0.271. The molecule has 0 fully saturated rings. The van der Waals surface area contributed by atoms with E-state index in [4.69, 9.17) is 4.74 Å². The smallest absolute Gasteiger partial charge is 0.210 e. The second kappa shape index (κ2) is 6.16. The molecule has 0 aliphatic heterocycles. The van der Waals surface area contributed by atoms with Crippen LogP contribution in [0.15, 0.2) is 0 Å². The fourth-order valence-electron chi connectivity index (χ4n) is 0.747. The molecule has 0 spiro atoms. The first-order chi connectivity index (χ1) is 5.22. The number of rotatable bonds is 6. The van der Waals surface area contributed by atoms with Crippen molar-refractivity contribution in [2.75, 3.05) is 19.8 Å². The van der Waals surface area contributed by atoms with E-state index < -0.39 is 0 Å². The summed E-state index contributed by atoms with van der Waals surface area (Å²) in [7, 11) is 0. The third-order valence-electron chi connectivity index (χ3n) is 1.50. The van der Waals surface area contributed by atoms with Crippen LogP contribution in [0.4, 0.5) is 0 Å². The lowest BCUT2D eigenvalue weighted by atomic mass is 10.3. The fraction of sp³-hybridized carbons (Fsp3) is 0.875. The first-order valence-electron chi connectivity index (χ1n) is 4.01. The summed E-state index contributed by atoms with van der Waals surface area (Å²) in [5, 5.41) is 0. The highest BCUT2D eigenvalue weighted by atomic mass is 16.5. The number of ether oxygens (including phenoxy) is 1. The van der Waals surface area contributed by atoms with Crippen molar-refractivity contribution in [1.82, 2.24) is 4.90 Å². The molecule has 66 valence electrons. The average molecular weight is 159 g/mol. The summed E-state index contributed by atoms with van der Waals surface area (Å²) in [4.78, 5) is 12.1. The molecule has 3 nitrogen and oxygen atoms in total. The highest BCUT2D eigenvalue weighted by molar-refractivity contribution is 5.47. The van der Waals surface area contributed by atoms with Gasteiger partial charge < -0.3 is 9.64 Å². The van der Waals surface area contributed by atoms with Gasteiger partial charge in [-0.3, -0.25) is 4.79 Å². The number of amides is 1. The van der Waals surface area contributed by atoms with Crippen molar-refractivity contribution < 1.29 is 9.53 Å². The molecule has 0 aromatic rings. The Hall–Kier alpha value is -0.570. The SMILES string of the molecule is CCOCCN(C=O)C(C)C. The molecule has 0 bridgehead atoms. The lowest BCUT2D eigenvalue weighted by Gasteiger charge is -2.20. The predicted octanol–water partition coefficient (Wildman–Crippen LogP) is 0.890. The first-order valence-corrected chi connectivity index (χ1v) is 4.01. The summed E-state index contributed by atoms with van der Waals surface area (Å²) in [6.45, 7) is 7.95. The lowest BCUT2D eigenvalue weighted by molar-refractivity contribution is -0.120. The third kappa shape index (κ3) is 4.79. The van der Waals surface area contributed by atoms with Gasteiger partial charge in [-0.05, 0) is 20.8 Å². The molecule has 0 saturated heterocycles. The Bertz CT molecular complexity index is 104. The Morgan fingerprint density at radius 3 is 2.55 bits per heavy atom. The van der Waals surface area contributed by atoms with Crippen LogP contribution in [-0.2, 0) is 9.53 Å². The van der Waals surface area contributed by atoms with Gasteiger partial charge in [0.15, 0.2) is 0 Å². The van der Waals surface area contributed by atoms with Crippen LogP contribution < -0.4 is 0 Å². The van der Waals surface area contributed by atoms with Crippen LogP contribution in [0.3, 0.4) is 0 Å². The lowest BCUT2D eigenvalue weighted by Crippen LogP contribution is -2.32. The van der Waals surface area contributed by atoms with Gasteiger partial charge >= 0.3 is 0 Å². The molecule has 3 heteroatoms. The quantitative estimate of drug-likeness (QED) is 0.425. The Balaban J connectivity index is 3.44. The Morgan fingerprint density at radius 1 is 1.55 bits per heavy atom. The highest BCUT2D eigenvalue weighted by Gasteiger charge is 2.04. The van der Waals surface area contributed by atoms with E-state index in [1.165, 1.54) is 0 Å². The van der Waals surface area contributed by atoms with E-state index in [1.54, 1.807) is 4.90 Å². The average Bonchev–Trinajstić information content (AvgIpc) is 1.97. The van der Waals surface area contributed by atoms with Crippen molar-refractivity contribution in [3.8, 4) is 0 Å². The van der Waals surface area contributed by atoms with Crippen molar-refractivity contribution in [2.24, 2.45) is 0 Å². The maximum absolute atomic E-state index is 10.4. The summed E-state index contributed by atoms with van der Waals surface area (Å²) in [5.41, 5.74) is 0. The molecule has 1 amide bonds. The van der Waals surface area contributed by atoms with Gasteiger partial charge in [0.2, 0.25) is 6.41 Å². The van der Waals surface area contributed by atoms with Crippen molar-refractivity contribution in [1.29, 1.82) is 0 Å². The maximum Gasteiger partial charge on any atom is 0.210 e. The molecule has 0 heterocycles. The van der Waals surface area contributed by atoms with Crippen molar-refractivity contribution >= 4 is 6.41 Å². The summed E-state index contributed by atoms with van der Waals surface area (Å²) in [5.74, 6) is 0. The van der Waals surface area contributed by atoms with Crippen LogP contribution in [-0.4, -0.2) is 37.1 Å². The summed E-state index contributed by atoms with van der Waals surface area (Å²) >= 11 is 0. The fourth-order valence-corrected chi connectivity index (χ4v) is 0.747. The molecule has 0 saturated carbocycles.